The van der Waals surface area contributed by atoms with E-state index in [0.29, 0.717) is 0 Å². The average molecular weight is 447 g/mol. The number of nitrogens with zero attached hydrogens (tertiary/aromatic N) is 4. The van der Waals surface area contributed by atoms with Crippen molar-refractivity contribution in [1.29, 1.82) is 0 Å². The molecule has 0 spiro atoms. The van der Waals surface area contributed by atoms with Gasteiger partial charge in [-0.15, -0.1) is 0 Å². The van der Waals surface area contributed by atoms with E-state index in [1.54, 1.807) is 0 Å². The zero-order chi connectivity index (χ0) is 21.3. The maximum Gasteiger partial charge on any atom is 0.303 e. The average Bonchev–Trinajstić information content (AvgIpc) is 3.15. The predicted octanol–water partition coefficient (Wildman–Crippen LogP) is 1.46. The van der Waals surface area contributed by atoms with Crippen LogP contribution in [0.5, 0.6) is 0 Å². The second-order valence-electron chi connectivity index (χ2n) is 6.12. The van der Waals surface area contributed by atoms with Gasteiger partial charge in [-0.25, -0.2) is 9.97 Å². The van der Waals surface area contributed by atoms with Crippen molar-refractivity contribution in [3.05, 3.63) is 16.8 Å². The summed E-state index contributed by atoms with van der Waals surface area (Å²) in [5.41, 5.74) is 0.459. The number of esters is 3. The Balaban J connectivity index is 2.04. The van der Waals surface area contributed by atoms with Crippen LogP contribution in [0.25, 0.3) is 11.2 Å². The Bertz CT molecular complexity index is 966. The van der Waals surface area contributed by atoms with E-state index in [1.165, 1.54) is 31.7 Å². The van der Waals surface area contributed by atoms with Crippen molar-refractivity contribution < 1.29 is 33.3 Å². The monoisotopic (exact) mass is 446 g/mol. The lowest BCUT2D eigenvalue weighted by Gasteiger charge is -2.23. The topological polar surface area (TPSA) is 132 Å². The Morgan fingerprint density at radius 3 is 2.34 bits per heavy atom. The van der Waals surface area contributed by atoms with Crippen LogP contribution in [0.3, 0.4) is 0 Å². The summed E-state index contributed by atoms with van der Waals surface area (Å²) in [5, 5.41) is -0.104. The van der Waals surface area contributed by atoms with Gasteiger partial charge in [-0.1, -0.05) is 11.6 Å². The van der Waals surface area contributed by atoms with Gasteiger partial charge in [0.15, 0.2) is 29.2 Å². The van der Waals surface area contributed by atoms with Crippen LogP contribution in [-0.4, -0.2) is 62.3 Å². The van der Waals surface area contributed by atoms with Crippen LogP contribution in [0.2, 0.25) is 10.4 Å². The van der Waals surface area contributed by atoms with Crippen LogP contribution >= 0.6 is 23.2 Å². The molecule has 1 saturated heterocycles. The highest BCUT2D eigenvalue weighted by Crippen LogP contribution is 2.36. The molecule has 1 aliphatic heterocycles. The number of aromatic nitrogens is 4. The molecule has 1 fully saturated rings. The van der Waals surface area contributed by atoms with Crippen molar-refractivity contribution in [2.75, 3.05) is 6.61 Å². The van der Waals surface area contributed by atoms with E-state index in [4.69, 9.17) is 42.1 Å². The van der Waals surface area contributed by atoms with E-state index < -0.39 is 42.4 Å². The number of hydrogen-bond donors (Lipinski definition) is 0. The molecule has 3 rings (SSSR count). The van der Waals surface area contributed by atoms with Gasteiger partial charge in [0.05, 0.1) is 6.33 Å². The second kappa shape index (κ2) is 8.47. The quantitative estimate of drug-likeness (QED) is 0.287. The summed E-state index contributed by atoms with van der Waals surface area (Å²) in [6, 6.07) is 0. The van der Waals surface area contributed by atoms with Gasteiger partial charge in [0, 0.05) is 20.8 Å². The zero-order valence-electron chi connectivity index (χ0n) is 15.5. The van der Waals surface area contributed by atoms with Gasteiger partial charge in [-0.3, -0.25) is 19.0 Å². The summed E-state index contributed by atoms with van der Waals surface area (Å²) in [5.74, 6) is -1.82. The molecule has 0 saturated carbocycles. The normalized spacial score (nSPS) is 23.8. The molecule has 0 amide bonds. The molecule has 3 heterocycles. The minimum atomic E-state index is -1.08. The number of carbonyl (C=O) groups excluding carboxylic acids is 3. The number of fused-ring (bicyclic) bond motifs is 1. The van der Waals surface area contributed by atoms with Gasteiger partial charge in [-0.2, -0.15) is 4.98 Å². The van der Waals surface area contributed by atoms with Crippen molar-refractivity contribution in [1.82, 2.24) is 19.5 Å². The third-order valence-electron chi connectivity index (χ3n) is 3.97. The summed E-state index contributed by atoms with van der Waals surface area (Å²) in [6.45, 7) is 3.38. The Labute approximate surface area is 174 Å². The van der Waals surface area contributed by atoms with Gasteiger partial charge in [0.2, 0.25) is 5.28 Å². The van der Waals surface area contributed by atoms with E-state index in [1.807, 2.05) is 0 Å². The largest absolute Gasteiger partial charge is 0.463 e. The van der Waals surface area contributed by atoms with Crippen molar-refractivity contribution in [3.8, 4) is 0 Å². The fourth-order valence-electron chi connectivity index (χ4n) is 2.96. The lowest BCUT2D eigenvalue weighted by molar-refractivity contribution is -0.166. The van der Waals surface area contributed by atoms with Gasteiger partial charge < -0.3 is 18.9 Å². The van der Waals surface area contributed by atoms with E-state index in [9.17, 15) is 14.4 Å². The van der Waals surface area contributed by atoms with Crippen LogP contribution in [0, 0.1) is 0 Å². The first kappa shape index (κ1) is 21.2. The summed E-state index contributed by atoms with van der Waals surface area (Å²) >= 11 is 11.9. The molecule has 0 radical (unpaired) electrons. The molecule has 2 aromatic rings. The summed E-state index contributed by atoms with van der Waals surface area (Å²) in [4.78, 5) is 46.6. The van der Waals surface area contributed by atoms with Crippen LogP contribution in [0.15, 0.2) is 6.33 Å². The summed E-state index contributed by atoms with van der Waals surface area (Å²) in [6.07, 6.45) is -2.71. The molecule has 29 heavy (non-hydrogen) atoms. The molecule has 1 aliphatic rings. The standard InChI is InChI=1S/C16H16Cl2N4O7/c1-6(23)26-4-9-11(27-7(2)24)12(28-8(3)25)15(29-9)22-5-19-10-13(17)20-16(18)21-14(10)22/h5,9,11-12,15H,4H2,1-3H3/t9-,11-,12+,15?/m1/s1. The minimum absolute atomic E-state index is 0.0220. The Kier molecular flexibility index (Phi) is 6.20. The molecule has 2 aromatic heterocycles. The fourth-order valence-corrected chi connectivity index (χ4v) is 3.38. The van der Waals surface area contributed by atoms with E-state index in [2.05, 4.69) is 15.0 Å². The smallest absolute Gasteiger partial charge is 0.303 e. The second-order valence-corrected chi connectivity index (χ2v) is 6.82. The maximum absolute atomic E-state index is 11.7. The first-order chi connectivity index (χ1) is 13.7. The molecule has 156 valence electrons. The Morgan fingerprint density at radius 2 is 1.72 bits per heavy atom. The van der Waals surface area contributed by atoms with Gasteiger partial charge in [0.25, 0.3) is 0 Å². The lowest BCUT2D eigenvalue weighted by atomic mass is 10.1. The molecule has 0 N–H and O–H groups in total. The van der Waals surface area contributed by atoms with Gasteiger partial charge in [0.1, 0.15) is 18.2 Å². The third-order valence-corrected chi connectivity index (χ3v) is 4.40. The van der Waals surface area contributed by atoms with Crippen molar-refractivity contribution >= 4 is 52.3 Å². The van der Waals surface area contributed by atoms with Crippen LogP contribution in [0.4, 0.5) is 0 Å². The lowest BCUT2D eigenvalue weighted by Crippen LogP contribution is -2.40. The molecule has 0 aliphatic carbocycles. The van der Waals surface area contributed by atoms with E-state index >= 15 is 0 Å². The number of imidazole rings is 1. The molecule has 13 heteroatoms. The number of halogens is 2. The van der Waals surface area contributed by atoms with Crippen LogP contribution < -0.4 is 0 Å². The number of hydrogen-bond acceptors (Lipinski definition) is 10. The SMILES string of the molecule is CC(=O)OC[C@H]1OC(n2cnc3c(Cl)nc(Cl)nc32)[C@@H](OC(C)=O)[C@@H]1OC(C)=O. The van der Waals surface area contributed by atoms with Gasteiger partial charge >= 0.3 is 17.9 Å². The molecule has 4 atom stereocenters. The molecular formula is C16H16Cl2N4O7. The van der Waals surface area contributed by atoms with Crippen LogP contribution in [0.1, 0.15) is 27.0 Å². The highest BCUT2D eigenvalue weighted by atomic mass is 35.5. The van der Waals surface area contributed by atoms with Gasteiger partial charge in [-0.05, 0) is 11.6 Å². The first-order valence-electron chi connectivity index (χ1n) is 8.36. The van der Waals surface area contributed by atoms with Crippen molar-refractivity contribution in [2.45, 2.75) is 45.3 Å². The first-order valence-corrected chi connectivity index (χ1v) is 9.11. The highest BCUT2D eigenvalue weighted by molar-refractivity contribution is 6.35. The number of ether oxygens (including phenoxy) is 4. The Morgan fingerprint density at radius 1 is 1.07 bits per heavy atom. The molecular weight excluding hydrogens is 431 g/mol. The molecule has 1 unspecified atom stereocenters. The minimum Gasteiger partial charge on any atom is -0.463 e. The zero-order valence-corrected chi connectivity index (χ0v) is 17.0. The fraction of sp³-hybridized carbons (Fsp3) is 0.500. The molecule has 0 aromatic carbocycles. The maximum atomic E-state index is 11.7. The highest BCUT2D eigenvalue weighted by Gasteiger charge is 2.51. The number of carbonyl (C=O) groups is 3. The Hall–Kier alpha value is -2.50. The molecule has 11 nitrogen and oxygen atoms in total. The van der Waals surface area contributed by atoms with E-state index in [0.717, 1.165) is 0 Å². The van der Waals surface area contributed by atoms with Crippen LogP contribution in [-0.2, 0) is 33.3 Å². The summed E-state index contributed by atoms with van der Waals surface area (Å²) < 4.78 is 23.0. The van der Waals surface area contributed by atoms with Crippen molar-refractivity contribution in [3.63, 3.8) is 0 Å². The van der Waals surface area contributed by atoms with E-state index in [-0.39, 0.29) is 28.2 Å². The molecule has 0 bridgehead atoms. The number of rotatable bonds is 5. The predicted molar refractivity (Wildman–Crippen MR) is 97.0 cm³/mol. The third kappa shape index (κ3) is 4.57. The summed E-state index contributed by atoms with van der Waals surface area (Å²) in [7, 11) is 0. The van der Waals surface area contributed by atoms with Crippen molar-refractivity contribution in [2.24, 2.45) is 0 Å².